The van der Waals surface area contributed by atoms with Gasteiger partial charge in [0.15, 0.2) is 18.9 Å². The van der Waals surface area contributed by atoms with Crippen molar-refractivity contribution in [3.05, 3.63) is 71.8 Å². The quantitative estimate of drug-likeness (QED) is 0.288. The minimum Gasteiger partial charge on any atom is -0.394 e. The number of hydrogen-bond acceptors (Lipinski definition) is 11. The SMILES string of the molecule is CC(=O)N[C@H]1[C@@H](OCc2ccccc2)O[C@@H]2COC(c3ccccc3)O[C@@H]2[C@@H]1O[C@H]1O[C@@H](CO)[C@@H](O)[C@@H](O)[C@@H]1O. The molecule has 0 aliphatic carbocycles. The van der Waals surface area contributed by atoms with Gasteiger partial charge in [0.1, 0.15) is 48.8 Å². The fourth-order valence-electron chi connectivity index (χ4n) is 5.13. The van der Waals surface area contributed by atoms with Gasteiger partial charge >= 0.3 is 0 Å². The number of aliphatic hydroxyl groups is 4. The van der Waals surface area contributed by atoms with Crippen LogP contribution in [0.1, 0.15) is 24.3 Å². The molecule has 218 valence electrons. The average Bonchev–Trinajstić information content (AvgIpc) is 2.98. The number of benzene rings is 2. The van der Waals surface area contributed by atoms with E-state index in [4.69, 9.17) is 28.4 Å². The molecule has 3 saturated heterocycles. The second kappa shape index (κ2) is 13.0. The van der Waals surface area contributed by atoms with E-state index in [2.05, 4.69) is 5.32 Å². The highest BCUT2D eigenvalue weighted by Crippen LogP contribution is 2.37. The summed E-state index contributed by atoms with van der Waals surface area (Å²) in [4.78, 5) is 12.3. The molecular weight excluding hydrogens is 526 g/mol. The number of rotatable bonds is 8. The summed E-state index contributed by atoms with van der Waals surface area (Å²) in [6, 6.07) is 17.7. The molecule has 12 nitrogen and oxygen atoms in total. The van der Waals surface area contributed by atoms with E-state index < -0.39 is 80.2 Å². The van der Waals surface area contributed by atoms with Gasteiger partial charge in [-0.3, -0.25) is 4.79 Å². The molecule has 11 atom stereocenters. The van der Waals surface area contributed by atoms with Gasteiger partial charge in [-0.1, -0.05) is 60.7 Å². The third kappa shape index (κ3) is 6.37. The maximum absolute atomic E-state index is 12.3. The Balaban J connectivity index is 1.44. The first kappa shape index (κ1) is 29.0. The van der Waals surface area contributed by atoms with Crippen LogP contribution in [0.15, 0.2) is 60.7 Å². The summed E-state index contributed by atoms with van der Waals surface area (Å²) in [6.07, 6.45) is -11.9. The lowest BCUT2D eigenvalue weighted by Crippen LogP contribution is -2.69. The van der Waals surface area contributed by atoms with Crippen molar-refractivity contribution in [2.45, 2.75) is 81.2 Å². The third-order valence-corrected chi connectivity index (χ3v) is 7.18. The Morgan fingerprint density at radius 3 is 2.30 bits per heavy atom. The van der Waals surface area contributed by atoms with E-state index in [9.17, 15) is 25.2 Å². The molecule has 12 heteroatoms. The zero-order valence-electron chi connectivity index (χ0n) is 21.9. The van der Waals surface area contributed by atoms with Crippen LogP contribution in [0, 0.1) is 0 Å². The lowest BCUT2D eigenvalue weighted by atomic mass is 9.94. The van der Waals surface area contributed by atoms with E-state index in [1.807, 2.05) is 60.7 Å². The van der Waals surface area contributed by atoms with Crippen molar-refractivity contribution in [1.29, 1.82) is 0 Å². The smallest absolute Gasteiger partial charge is 0.217 e. The van der Waals surface area contributed by atoms with E-state index in [0.717, 1.165) is 11.1 Å². The van der Waals surface area contributed by atoms with Crippen molar-refractivity contribution >= 4 is 5.91 Å². The Morgan fingerprint density at radius 1 is 0.925 bits per heavy atom. The summed E-state index contributed by atoms with van der Waals surface area (Å²) in [5, 5.41) is 43.8. The molecule has 5 rings (SSSR count). The van der Waals surface area contributed by atoms with Gasteiger partial charge in [0.05, 0.1) is 19.8 Å². The van der Waals surface area contributed by atoms with Gasteiger partial charge in [-0.05, 0) is 5.56 Å². The first-order chi connectivity index (χ1) is 19.4. The second-order valence-corrected chi connectivity index (χ2v) is 10.0. The zero-order chi connectivity index (χ0) is 28.2. The second-order valence-electron chi connectivity index (χ2n) is 10.0. The number of ether oxygens (including phenoxy) is 6. The molecule has 40 heavy (non-hydrogen) atoms. The van der Waals surface area contributed by atoms with E-state index in [-0.39, 0.29) is 13.2 Å². The molecule has 1 unspecified atom stereocenters. The summed E-state index contributed by atoms with van der Waals surface area (Å²) >= 11 is 0. The molecule has 0 saturated carbocycles. The summed E-state index contributed by atoms with van der Waals surface area (Å²) in [7, 11) is 0. The van der Waals surface area contributed by atoms with Crippen LogP contribution in [0.2, 0.25) is 0 Å². The average molecular weight is 562 g/mol. The van der Waals surface area contributed by atoms with Gasteiger partial charge in [-0.25, -0.2) is 0 Å². The summed E-state index contributed by atoms with van der Waals surface area (Å²) < 4.78 is 36.5. The minimum absolute atomic E-state index is 0.108. The molecule has 0 bridgehead atoms. The van der Waals surface area contributed by atoms with Crippen molar-refractivity contribution < 1.29 is 53.6 Å². The van der Waals surface area contributed by atoms with Crippen LogP contribution in [0.3, 0.4) is 0 Å². The molecular formula is C28H35NO11. The van der Waals surface area contributed by atoms with E-state index >= 15 is 0 Å². The Hall–Kier alpha value is -2.49. The van der Waals surface area contributed by atoms with Gasteiger partial charge in [0.25, 0.3) is 0 Å². The molecule has 3 fully saturated rings. The summed E-state index contributed by atoms with van der Waals surface area (Å²) in [6.45, 7) is 0.989. The van der Waals surface area contributed by atoms with Crippen molar-refractivity contribution in [3.8, 4) is 0 Å². The number of carbonyl (C=O) groups is 1. The minimum atomic E-state index is -1.66. The lowest BCUT2D eigenvalue weighted by Gasteiger charge is -2.51. The summed E-state index contributed by atoms with van der Waals surface area (Å²) in [5.41, 5.74) is 1.63. The van der Waals surface area contributed by atoms with E-state index in [1.165, 1.54) is 6.92 Å². The van der Waals surface area contributed by atoms with Crippen LogP contribution in [-0.2, 0) is 39.8 Å². The van der Waals surface area contributed by atoms with Crippen molar-refractivity contribution in [2.24, 2.45) is 0 Å². The largest absolute Gasteiger partial charge is 0.394 e. The maximum atomic E-state index is 12.3. The van der Waals surface area contributed by atoms with Crippen molar-refractivity contribution in [3.63, 3.8) is 0 Å². The number of nitrogens with one attached hydrogen (secondary N) is 1. The normalized spacial score (nSPS) is 37.9. The van der Waals surface area contributed by atoms with Crippen LogP contribution < -0.4 is 5.32 Å². The molecule has 3 aliphatic rings. The topological polar surface area (TPSA) is 165 Å². The summed E-state index contributed by atoms with van der Waals surface area (Å²) in [5.74, 6) is -0.394. The zero-order valence-corrected chi connectivity index (χ0v) is 21.9. The molecule has 0 spiro atoms. The van der Waals surface area contributed by atoms with Crippen LogP contribution in [0.5, 0.6) is 0 Å². The Morgan fingerprint density at radius 2 is 1.62 bits per heavy atom. The van der Waals surface area contributed by atoms with Crippen LogP contribution in [0.4, 0.5) is 0 Å². The molecule has 2 aromatic rings. The monoisotopic (exact) mass is 561 g/mol. The predicted octanol–water partition coefficient (Wildman–Crippen LogP) is -0.268. The highest BCUT2D eigenvalue weighted by Gasteiger charge is 2.54. The number of amides is 1. The third-order valence-electron chi connectivity index (χ3n) is 7.18. The predicted molar refractivity (Wildman–Crippen MR) is 136 cm³/mol. The van der Waals surface area contributed by atoms with E-state index in [1.54, 1.807) is 0 Å². The molecule has 2 aromatic carbocycles. The highest BCUT2D eigenvalue weighted by atomic mass is 16.8. The molecule has 3 aliphatic heterocycles. The Bertz CT molecular complexity index is 1090. The van der Waals surface area contributed by atoms with E-state index in [0.29, 0.717) is 0 Å². The van der Waals surface area contributed by atoms with Gasteiger partial charge in [-0.15, -0.1) is 0 Å². The lowest BCUT2D eigenvalue weighted by molar-refractivity contribution is -0.378. The number of hydrogen-bond donors (Lipinski definition) is 5. The Labute approximate surface area is 231 Å². The first-order valence-corrected chi connectivity index (χ1v) is 13.2. The van der Waals surface area contributed by atoms with Crippen molar-refractivity contribution in [2.75, 3.05) is 13.2 Å². The molecule has 5 N–H and O–H groups in total. The fraction of sp³-hybridized carbons (Fsp3) is 0.536. The van der Waals surface area contributed by atoms with Crippen LogP contribution >= 0.6 is 0 Å². The van der Waals surface area contributed by atoms with Crippen LogP contribution in [-0.4, -0.2) is 101 Å². The molecule has 0 aromatic heterocycles. The van der Waals surface area contributed by atoms with Crippen molar-refractivity contribution in [1.82, 2.24) is 5.32 Å². The van der Waals surface area contributed by atoms with Crippen LogP contribution in [0.25, 0.3) is 0 Å². The fourth-order valence-corrected chi connectivity index (χ4v) is 5.13. The maximum Gasteiger partial charge on any atom is 0.217 e. The number of aliphatic hydroxyl groups excluding tert-OH is 4. The molecule has 1 amide bonds. The number of carbonyl (C=O) groups excluding carboxylic acids is 1. The molecule has 3 heterocycles. The van der Waals surface area contributed by atoms with Gasteiger partial charge in [-0.2, -0.15) is 0 Å². The van der Waals surface area contributed by atoms with Gasteiger partial charge in [0.2, 0.25) is 5.91 Å². The first-order valence-electron chi connectivity index (χ1n) is 13.2. The highest BCUT2D eigenvalue weighted by molar-refractivity contribution is 5.73. The van der Waals surface area contributed by atoms with Gasteiger partial charge < -0.3 is 54.2 Å². The number of fused-ring (bicyclic) bond motifs is 1. The standard InChI is InChI=1S/C28H35NO11/c1-15(31)29-20-25(40-28-23(34)22(33)21(32)18(12-30)37-28)24-19(14-36-26(39-24)17-10-6-3-7-11-17)38-27(20)35-13-16-8-4-2-5-9-16/h2-11,18-28,30,32-34H,12-14H2,1H3,(H,29,31)/t18-,19+,20+,21+,22+,23-,24-,25+,26?,27-,28+/m0/s1. The molecule has 0 radical (unpaired) electrons. The Kier molecular flexibility index (Phi) is 9.43. The van der Waals surface area contributed by atoms with Gasteiger partial charge in [0, 0.05) is 12.5 Å².